The Morgan fingerprint density at radius 2 is 2.14 bits per heavy atom. The average molecular weight is 343 g/mol. The molecule has 2 N–H and O–H groups in total. The Balaban J connectivity index is 1.99. The molecule has 0 aliphatic carbocycles. The first kappa shape index (κ1) is 17.6. The molecule has 2 rings (SSSR count). The summed E-state index contributed by atoms with van der Waals surface area (Å²) in [6, 6.07) is 5.89. The van der Waals surface area contributed by atoms with Crippen LogP contribution in [0.1, 0.15) is 39.2 Å². The molecule has 1 aliphatic rings. The van der Waals surface area contributed by atoms with Crippen molar-refractivity contribution in [2.45, 2.75) is 51.6 Å². The second kappa shape index (κ2) is 7.20. The van der Waals surface area contributed by atoms with Gasteiger partial charge in [-0.3, -0.25) is 4.79 Å². The zero-order valence-corrected chi connectivity index (χ0v) is 14.9. The van der Waals surface area contributed by atoms with Crippen molar-refractivity contribution in [2.24, 2.45) is 5.92 Å². The fourth-order valence-corrected chi connectivity index (χ4v) is 3.47. The van der Waals surface area contributed by atoms with Crippen LogP contribution in [0.25, 0.3) is 0 Å². The predicted octanol–water partition coefficient (Wildman–Crippen LogP) is 3.82. The summed E-state index contributed by atoms with van der Waals surface area (Å²) in [4.78, 5) is 12.5. The molecule has 5 heteroatoms. The van der Waals surface area contributed by atoms with Gasteiger partial charge in [-0.1, -0.05) is 29.3 Å². The largest absolute Gasteiger partial charge is 0.351 e. The van der Waals surface area contributed by atoms with Gasteiger partial charge in [-0.05, 0) is 64.3 Å². The number of amides is 1. The molecular formula is C17H24Cl2N2O. The maximum Gasteiger partial charge on any atom is 0.223 e. The minimum absolute atomic E-state index is 0.0937. The highest BCUT2D eigenvalue weighted by atomic mass is 35.5. The minimum atomic E-state index is -0.345. The number of piperidine rings is 1. The summed E-state index contributed by atoms with van der Waals surface area (Å²) in [6.07, 6.45) is 2.47. The Kier molecular flexibility index (Phi) is 5.76. The van der Waals surface area contributed by atoms with Gasteiger partial charge in [0.2, 0.25) is 5.91 Å². The van der Waals surface area contributed by atoms with Gasteiger partial charge < -0.3 is 10.6 Å². The molecule has 0 radical (unpaired) electrons. The normalized spacial score (nSPS) is 22.4. The van der Waals surface area contributed by atoms with Crippen molar-refractivity contribution in [3.8, 4) is 0 Å². The van der Waals surface area contributed by atoms with Crippen LogP contribution in [0.5, 0.6) is 0 Å². The van der Waals surface area contributed by atoms with E-state index in [9.17, 15) is 4.79 Å². The Morgan fingerprint density at radius 3 is 2.77 bits per heavy atom. The van der Waals surface area contributed by atoms with Gasteiger partial charge >= 0.3 is 0 Å². The number of nitrogens with one attached hydrogen (secondary N) is 2. The molecule has 0 bridgehead atoms. The van der Waals surface area contributed by atoms with Crippen molar-refractivity contribution in [1.29, 1.82) is 0 Å². The Bertz CT molecular complexity index is 545. The molecule has 22 heavy (non-hydrogen) atoms. The monoisotopic (exact) mass is 342 g/mol. The average Bonchev–Trinajstić information content (AvgIpc) is 2.41. The molecule has 1 saturated heterocycles. The lowest BCUT2D eigenvalue weighted by molar-refractivity contribution is -0.127. The third-order valence-electron chi connectivity index (χ3n) is 4.10. The van der Waals surface area contributed by atoms with Gasteiger partial charge in [0, 0.05) is 27.5 Å². The summed E-state index contributed by atoms with van der Waals surface area (Å²) in [5.41, 5.74) is 0.651. The summed E-state index contributed by atoms with van der Waals surface area (Å²) in [5.74, 6) is 0.236. The lowest BCUT2D eigenvalue weighted by atomic mass is 9.89. The van der Waals surface area contributed by atoms with Crippen molar-refractivity contribution in [3.05, 3.63) is 33.8 Å². The standard InChI is InChI=1S/C17H24Cl2N2O/c1-11-8-12(6-7-20-11)16(22)21-17(2,3)10-13-4-5-14(18)9-15(13)19/h4-5,9,11-12,20H,6-8,10H2,1-3H3,(H,21,22)/t11-,12-/m0/s1. The zero-order chi connectivity index (χ0) is 16.3. The maximum absolute atomic E-state index is 12.5. The number of carbonyl (C=O) groups is 1. The van der Waals surface area contributed by atoms with Crippen LogP contribution in [-0.4, -0.2) is 24.0 Å². The van der Waals surface area contributed by atoms with Crippen LogP contribution in [0.4, 0.5) is 0 Å². The van der Waals surface area contributed by atoms with Crippen molar-refractivity contribution in [1.82, 2.24) is 10.6 Å². The molecule has 1 fully saturated rings. The molecule has 2 atom stereocenters. The first-order valence-corrected chi connectivity index (χ1v) is 8.52. The Hall–Kier alpha value is -0.770. The maximum atomic E-state index is 12.5. The van der Waals surface area contributed by atoms with E-state index in [1.54, 1.807) is 6.07 Å². The van der Waals surface area contributed by atoms with E-state index in [1.807, 2.05) is 26.0 Å². The molecule has 0 unspecified atom stereocenters. The SMILES string of the molecule is C[C@H]1C[C@@H](C(=O)NC(C)(C)Cc2ccc(Cl)cc2Cl)CCN1. The van der Waals surface area contributed by atoms with E-state index in [0.29, 0.717) is 22.5 Å². The third-order valence-corrected chi connectivity index (χ3v) is 4.69. The number of benzene rings is 1. The molecule has 0 saturated carbocycles. The van der Waals surface area contributed by atoms with Gasteiger partial charge in [0.1, 0.15) is 0 Å². The van der Waals surface area contributed by atoms with Crippen molar-refractivity contribution in [2.75, 3.05) is 6.54 Å². The smallest absolute Gasteiger partial charge is 0.223 e. The number of hydrogen-bond donors (Lipinski definition) is 2. The van der Waals surface area contributed by atoms with Crippen LogP contribution in [-0.2, 0) is 11.2 Å². The van der Waals surface area contributed by atoms with Gasteiger partial charge in [0.15, 0.2) is 0 Å². The van der Waals surface area contributed by atoms with Crippen LogP contribution in [0, 0.1) is 5.92 Å². The Morgan fingerprint density at radius 1 is 1.41 bits per heavy atom. The second-order valence-corrected chi connectivity index (χ2v) is 7.71. The van der Waals surface area contributed by atoms with Crippen LogP contribution < -0.4 is 10.6 Å². The second-order valence-electron chi connectivity index (χ2n) is 6.86. The highest BCUT2D eigenvalue weighted by Crippen LogP contribution is 2.25. The van der Waals surface area contributed by atoms with Crippen molar-refractivity contribution >= 4 is 29.1 Å². The number of hydrogen-bond acceptors (Lipinski definition) is 2. The predicted molar refractivity (Wildman–Crippen MR) is 92.6 cm³/mol. The third kappa shape index (κ3) is 4.87. The fraction of sp³-hybridized carbons (Fsp3) is 0.588. The molecule has 3 nitrogen and oxygen atoms in total. The van der Waals surface area contributed by atoms with Crippen LogP contribution in [0.15, 0.2) is 18.2 Å². The first-order valence-electron chi connectivity index (χ1n) is 7.76. The van der Waals surface area contributed by atoms with Gasteiger partial charge in [-0.25, -0.2) is 0 Å². The van der Waals surface area contributed by atoms with E-state index in [-0.39, 0.29) is 17.4 Å². The zero-order valence-electron chi connectivity index (χ0n) is 13.4. The molecule has 0 aromatic heterocycles. The number of halogens is 2. The number of carbonyl (C=O) groups excluding carboxylic acids is 1. The van der Waals surface area contributed by atoms with Crippen molar-refractivity contribution in [3.63, 3.8) is 0 Å². The van der Waals surface area contributed by atoms with E-state index in [0.717, 1.165) is 24.9 Å². The summed E-state index contributed by atoms with van der Waals surface area (Å²) in [5, 5.41) is 7.82. The van der Waals surface area contributed by atoms with Crippen LogP contribution in [0.3, 0.4) is 0 Å². The highest BCUT2D eigenvalue weighted by molar-refractivity contribution is 6.35. The van der Waals surface area contributed by atoms with Crippen molar-refractivity contribution < 1.29 is 4.79 Å². The quantitative estimate of drug-likeness (QED) is 0.873. The van der Waals surface area contributed by atoms with E-state index in [1.165, 1.54) is 0 Å². The lowest BCUT2D eigenvalue weighted by Gasteiger charge is -2.32. The fourth-order valence-electron chi connectivity index (χ4n) is 2.99. The summed E-state index contributed by atoms with van der Waals surface area (Å²) in [7, 11) is 0. The number of rotatable bonds is 4. The van der Waals surface area contributed by atoms with Crippen LogP contribution in [0.2, 0.25) is 10.0 Å². The van der Waals surface area contributed by atoms with Crippen LogP contribution >= 0.6 is 23.2 Å². The molecule has 0 spiro atoms. The van der Waals surface area contributed by atoms with Gasteiger partial charge in [-0.2, -0.15) is 0 Å². The van der Waals surface area contributed by atoms with E-state index in [2.05, 4.69) is 17.6 Å². The molecule has 1 heterocycles. The molecule has 1 aliphatic heterocycles. The van der Waals surface area contributed by atoms with E-state index < -0.39 is 0 Å². The lowest BCUT2D eigenvalue weighted by Crippen LogP contribution is -2.50. The van der Waals surface area contributed by atoms with E-state index in [4.69, 9.17) is 23.2 Å². The summed E-state index contributed by atoms with van der Waals surface area (Å²) in [6.45, 7) is 7.08. The topological polar surface area (TPSA) is 41.1 Å². The molecule has 1 amide bonds. The molecule has 1 aromatic rings. The first-order chi connectivity index (χ1) is 10.3. The Labute approximate surface area is 142 Å². The van der Waals surface area contributed by atoms with Gasteiger partial charge in [0.05, 0.1) is 0 Å². The summed E-state index contributed by atoms with van der Waals surface area (Å²) < 4.78 is 0. The molecule has 1 aromatic carbocycles. The highest BCUT2D eigenvalue weighted by Gasteiger charge is 2.29. The van der Waals surface area contributed by atoms with Gasteiger partial charge in [-0.15, -0.1) is 0 Å². The summed E-state index contributed by atoms with van der Waals surface area (Å²) >= 11 is 12.2. The van der Waals surface area contributed by atoms with Gasteiger partial charge in [0.25, 0.3) is 0 Å². The molecule has 122 valence electrons. The minimum Gasteiger partial charge on any atom is -0.351 e. The van der Waals surface area contributed by atoms with E-state index >= 15 is 0 Å². The molecular weight excluding hydrogens is 319 g/mol.